The van der Waals surface area contributed by atoms with Crippen molar-refractivity contribution in [2.24, 2.45) is 0 Å². The van der Waals surface area contributed by atoms with Gasteiger partial charge in [-0.3, -0.25) is 0 Å². The van der Waals surface area contributed by atoms with E-state index in [0.717, 1.165) is 13.0 Å². The van der Waals surface area contributed by atoms with Crippen LogP contribution in [0.3, 0.4) is 0 Å². The highest BCUT2D eigenvalue weighted by atomic mass is 16.5. The first-order chi connectivity index (χ1) is 7.31. The molecule has 0 amide bonds. The molecule has 0 aliphatic carbocycles. The average molecular weight is 205 g/mol. The first-order valence-electron chi connectivity index (χ1n) is 5.74. The largest absolute Gasteiger partial charge is 0.370 e. The zero-order valence-electron chi connectivity index (χ0n) is 9.44. The molecule has 1 heterocycles. The van der Waals surface area contributed by atoms with Gasteiger partial charge in [-0.15, -0.1) is 0 Å². The van der Waals surface area contributed by atoms with Gasteiger partial charge >= 0.3 is 0 Å². The van der Waals surface area contributed by atoms with E-state index in [1.54, 1.807) is 0 Å². The molecule has 1 N–H and O–H groups in total. The summed E-state index contributed by atoms with van der Waals surface area (Å²) in [4.78, 5) is 0. The minimum atomic E-state index is 0.215. The summed E-state index contributed by atoms with van der Waals surface area (Å²) in [5, 5.41) is 3.59. The van der Waals surface area contributed by atoms with E-state index in [4.69, 9.17) is 4.74 Å². The van der Waals surface area contributed by atoms with E-state index in [9.17, 15) is 0 Å². The highest BCUT2D eigenvalue weighted by Crippen LogP contribution is 2.26. The van der Waals surface area contributed by atoms with E-state index in [1.807, 2.05) is 6.07 Å². The molecule has 15 heavy (non-hydrogen) atoms. The van der Waals surface area contributed by atoms with Gasteiger partial charge in [0.15, 0.2) is 0 Å². The zero-order valence-corrected chi connectivity index (χ0v) is 9.44. The molecule has 1 aliphatic rings. The van der Waals surface area contributed by atoms with E-state index in [0.29, 0.717) is 12.1 Å². The van der Waals surface area contributed by atoms with Crippen molar-refractivity contribution in [3.8, 4) is 0 Å². The van der Waals surface area contributed by atoms with Gasteiger partial charge in [-0.25, -0.2) is 0 Å². The molecule has 1 aromatic rings. The van der Waals surface area contributed by atoms with Crippen LogP contribution in [-0.4, -0.2) is 18.7 Å². The lowest BCUT2D eigenvalue weighted by Crippen LogP contribution is -2.48. The molecule has 2 nitrogen and oxygen atoms in total. The summed E-state index contributed by atoms with van der Waals surface area (Å²) >= 11 is 0. The highest BCUT2D eigenvalue weighted by molar-refractivity contribution is 5.19. The highest BCUT2D eigenvalue weighted by Gasteiger charge is 2.28. The van der Waals surface area contributed by atoms with Crippen LogP contribution in [-0.2, 0) is 4.74 Å². The zero-order chi connectivity index (χ0) is 10.7. The van der Waals surface area contributed by atoms with Crippen molar-refractivity contribution >= 4 is 0 Å². The number of hydrogen-bond acceptors (Lipinski definition) is 2. The molecule has 0 aromatic heterocycles. The third kappa shape index (κ3) is 2.39. The SMILES string of the molecule is CCC1NC(C)COC1c1ccccc1. The van der Waals surface area contributed by atoms with Crippen LogP contribution in [0.2, 0.25) is 0 Å². The Morgan fingerprint density at radius 2 is 2.07 bits per heavy atom. The van der Waals surface area contributed by atoms with E-state index in [-0.39, 0.29) is 6.10 Å². The molecule has 1 aromatic carbocycles. The third-order valence-corrected chi connectivity index (χ3v) is 2.96. The minimum Gasteiger partial charge on any atom is -0.370 e. The van der Waals surface area contributed by atoms with Crippen LogP contribution in [0.1, 0.15) is 31.9 Å². The maximum Gasteiger partial charge on any atom is 0.0978 e. The summed E-state index contributed by atoms with van der Waals surface area (Å²) in [6, 6.07) is 11.4. The van der Waals surface area contributed by atoms with Crippen LogP contribution < -0.4 is 5.32 Å². The Hall–Kier alpha value is -0.860. The number of ether oxygens (including phenoxy) is 1. The van der Waals surface area contributed by atoms with Crippen LogP contribution in [0.5, 0.6) is 0 Å². The summed E-state index contributed by atoms with van der Waals surface area (Å²) in [6.07, 6.45) is 1.32. The van der Waals surface area contributed by atoms with Gasteiger partial charge in [0.25, 0.3) is 0 Å². The van der Waals surface area contributed by atoms with E-state index >= 15 is 0 Å². The molecular formula is C13H19NO. The first kappa shape index (κ1) is 10.7. The lowest BCUT2D eigenvalue weighted by Gasteiger charge is -2.36. The molecule has 0 radical (unpaired) electrons. The monoisotopic (exact) mass is 205 g/mol. The van der Waals surface area contributed by atoms with Gasteiger partial charge < -0.3 is 10.1 Å². The number of morpholine rings is 1. The van der Waals surface area contributed by atoms with Crippen LogP contribution in [0.4, 0.5) is 0 Å². The Morgan fingerprint density at radius 1 is 1.33 bits per heavy atom. The van der Waals surface area contributed by atoms with Gasteiger partial charge in [-0.05, 0) is 18.9 Å². The molecule has 2 rings (SSSR count). The molecule has 2 heteroatoms. The number of rotatable bonds is 2. The summed E-state index contributed by atoms with van der Waals surface area (Å²) in [5.74, 6) is 0. The summed E-state index contributed by atoms with van der Waals surface area (Å²) < 4.78 is 5.92. The molecular weight excluding hydrogens is 186 g/mol. The lowest BCUT2D eigenvalue weighted by atomic mass is 9.98. The normalized spacial score (nSPS) is 31.5. The van der Waals surface area contributed by atoms with Crippen molar-refractivity contribution in [2.45, 2.75) is 38.5 Å². The van der Waals surface area contributed by atoms with E-state index in [2.05, 4.69) is 43.4 Å². The third-order valence-electron chi connectivity index (χ3n) is 2.96. The van der Waals surface area contributed by atoms with Crippen LogP contribution >= 0.6 is 0 Å². The Morgan fingerprint density at radius 3 is 2.73 bits per heavy atom. The predicted molar refractivity (Wildman–Crippen MR) is 61.8 cm³/mol. The van der Waals surface area contributed by atoms with Gasteiger partial charge in [0.2, 0.25) is 0 Å². The van der Waals surface area contributed by atoms with Crippen molar-refractivity contribution in [1.29, 1.82) is 0 Å². The van der Waals surface area contributed by atoms with Crippen molar-refractivity contribution < 1.29 is 4.74 Å². The number of benzene rings is 1. The van der Waals surface area contributed by atoms with Crippen molar-refractivity contribution in [3.63, 3.8) is 0 Å². The van der Waals surface area contributed by atoms with Gasteiger partial charge in [0, 0.05) is 12.1 Å². The standard InChI is InChI=1S/C13H19NO/c1-3-12-13(15-9-10(2)14-12)11-7-5-4-6-8-11/h4-8,10,12-14H,3,9H2,1-2H3. The van der Waals surface area contributed by atoms with Gasteiger partial charge in [-0.1, -0.05) is 37.3 Å². The Labute approximate surface area is 91.6 Å². The Kier molecular flexibility index (Phi) is 3.39. The average Bonchev–Trinajstić information content (AvgIpc) is 2.30. The van der Waals surface area contributed by atoms with E-state index < -0.39 is 0 Å². The van der Waals surface area contributed by atoms with Crippen molar-refractivity contribution in [1.82, 2.24) is 5.32 Å². The maximum atomic E-state index is 5.92. The molecule has 3 atom stereocenters. The fraction of sp³-hybridized carbons (Fsp3) is 0.538. The van der Waals surface area contributed by atoms with Crippen LogP contribution in [0.25, 0.3) is 0 Å². The molecule has 1 saturated heterocycles. The molecule has 0 bridgehead atoms. The summed E-state index contributed by atoms with van der Waals surface area (Å²) in [5.41, 5.74) is 1.28. The predicted octanol–water partition coefficient (Wildman–Crippen LogP) is 2.51. The fourth-order valence-electron chi connectivity index (χ4n) is 2.17. The number of nitrogens with one attached hydrogen (secondary N) is 1. The molecule has 82 valence electrons. The van der Waals surface area contributed by atoms with Gasteiger partial charge in [-0.2, -0.15) is 0 Å². The Balaban J connectivity index is 2.14. The first-order valence-corrected chi connectivity index (χ1v) is 5.74. The summed E-state index contributed by atoms with van der Waals surface area (Å²) in [7, 11) is 0. The van der Waals surface area contributed by atoms with Crippen molar-refractivity contribution in [2.75, 3.05) is 6.61 Å². The molecule has 1 fully saturated rings. The second-order valence-electron chi connectivity index (χ2n) is 4.25. The maximum absolute atomic E-state index is 5.92. The smallest absolute Gasteiger partial charge is 0.0978 e. The van der Waals surface area contributed by atoms with Crippen LogP contribution in [0.15, 0.2) is 30.3 Å². The fourth-order valence-corrected chi connectivity index (χ4v) is 2.17. The number of hydrogen-bond donors (Lipinski definition) is 1. The van der Waals surface area contributed by atoms with Crippen LogP contribution in [0, 0.1) is 0 Å². The topological polar surface area (TPSA) is 21.3 Å². The lowest BCUT2D eigenvalue weighted by molar-refractivity contribution is -0.0266. The van der Waals surface area contributed by atoms with E-state index in [1.165, 1.54) is 5.56 Å². The minimum absolute atomic E-state index is 0.215. The molecule has 3 unspecified atom stereocenters. The molecule has 1 aliphatic heterocycles. The second-order valence-corrected chi connectivity index (χ2v) is 4.25. The molecule has 0 saturated carbocycles. The second kappa shape index (κ2) is 4.77. The van der Waals surface area contributed by atoms with Gasteiger partial charge in [0.1, 0.15) is 0 Å². The molecule has 0 spiro atoms. The van der Waals surface area contributed by atoms with Gasteiger partial charge in [0.05, 0.1) is 12.7 Å². The quantitative estimate of drug-likeness (QED) is 0.801. The summed E-state index contributed by atoms with van der Waals surface area (Å²) in [6.45, 7) is 5.18. The Bertz CT molecular complexity index is 299. The van der Waals surface area contributed by atoms with Crippen molar-refractivity contribution in [3.05, 3.63) is 35.9 Å².